The molecule has 0 bridgehead atoms. The minimum atomic E-state index is -0.151. The third kappa shape index (κ3) is 4.29. The van der Waals surface area contributed by atoms with Crippen LogP contribution in [-0.2, 0) is 11.2 Å². The van der Waals surface area contributed by atoms with E-state index in [1.165, 1.54) is 0 Å². The smallest absolute Gasteiger partial charge is 0.227 e. The molecule has 0 radical (unpaired) electrons. The van der Waals surface area contributed by atoms with Gasteiger partial charge in [-0.15, -0.1) is 0 Å². The molecule has 1 aromatic rings. The average molecular weight is 260 g/mol. The number of nitrogens with zero attached hydrogens (tertiary/aromatic N) is 2. The number of carbonyl (C=O) groups is 1. The van der Waals surface area contributed by atoms with E-state index in [1.54, 1.807) is 12.0 Å². The molecule has 0 fully saturated rings. The first-order valence-corrected chi connectivity index (χ1v) is 6.41. The molecule has 1 atom stereocenters. The summed E-state index contributed by atoms with van der Waals surface area (Å²) in [5.74, 6) is 0.593. The standard InChI is InChI=1S/C15H20N2O2/c1-4-17(11-12(2)10-16)15(18)9-13-7-5-6-8-14(13)19-3/h5-8,12H,4,9,11H2,1-3H3. The van der Waals surface area contributed by atoms with Crippen molar-refractivity contribution in [3.8, 4) is 11.8 Å². The molecule has 1 amide bonds. The number of amides is 1. The van der Waals surface area contributed by atoms with E-state index in [2.05, 4.69) is 6.07 Å². The fourth-order valence-electron chi connectivity index (χ4n) is 1.90. The van der Waals surface area contributed by atoms with Gasteiger partial charge >= 0.3 is 0 Å². The molecular formula is C15H20N2O2. The van der Waals surface area contributed by atoms with Crippen LogP contribution in [0.5, 0.6) is 5.75 Å². The second-order valence-corrected chi connectivity index (χ2v) is 4.45. The largest absolute Gasteiger partial charge is 0.496 e. The summed E-state index contributed by atoms with van der Waals surface area (Å²) < 4.78 is 5.24. The van der Waals surface area contributed by atoms with E-state index in [9.17, 15) is 4.79 Å². The molecule has 0 aliphatic rings. The fourth-order valence-corrected chi connectivity index (χ4v) is 1.90. The Hall–Kier alpha value is -2.02. The predicted octanol–water partition coefficient (Wildman–Crippen LogP) is 2.25. The Labute approximate surface area is 114 Å². The van der Waals surface area contributed by atoms with Crippen LogP contribution in [0.25, 0.3) is 0 Å². The van der Waals surface area contributed by atoms with E-state index in [4.69, 9.17) is 10.00 Å². The van der Waals surface area contributed by atoms with E-state index >= 15 is 0 Å². The SMILES string of the molecule is CCN(CC(C)C#N)C(=O)Cc1ccccc1OC. The summed E-state index contributed by atoms with van der Waals surface area (Å²) in [6.07, 6.45) is 0.302. The van der Waals surface area contributed by atoms with Gasteiger partial charge in [0.05, 0.1) is 25.5 Å². The average Bonchev–Trinajstić information content (AvgIpc) is 2.44. The third-order valence-electron chi connectivity index (χ3n) is 2.98. The van der Waals surface area contributed by atoms with Crippen molar-refractivity contribution in [2.45, 2.75) is 20.3 Å². The maximum Gasteiger partial charge on any atom is 0.227 e. The zero-order valence-electron chi connectivity index (χ0n) is 11.7. The Morgan fingerprint density at radius 2 is 2.16 bits per heavy atom. The minimum absolute atomic E-state index is 0.0223. The Kier molecular flexibility index (Phi) is 5.87. The topological polar surface area (TPSA) is 53.3 Å². The van der Waals surface area contributed by atoms with Crippen LogP contribution in [0.2, 0.25) is 0 Å². The molecular weight excluding hydrogens is 240 g/mol. The van der Waals surface area contributed by atoms with E-state index in [1.807, 2.05) is 38.1 Å². The van der Waals surface area contributed by atoms with Crippen molar-refractivity contribution in [1.82, 2.24) is 4.90 Å². The number of carbonyl (C=O) groups excluding carboxylic acids is 1. The molecule has 1 aromatic carbocycles. The Morgan fingerprint density at radius 1 is 1.47 bits per heavy atom. The maximum atomic E-state index is 12.2. The lowest BCUT2D eigenvalue weighted by atomic mass is 10.1. The monoisotopic (exact) mass is 260 g/mol. The molecule has 0 heterocycles. The molecule has 102 valence electrons. The summed E-state index contributed by atoms with van der Waals surface area (Å²) in [4.78, 5) is 13.9. The molecule has 4 heteroatoms. The summed E-state index contributed by atoms with van der Waals surface area (Å²) >= 11 is 0. The van der Waals surface area contributed by atoms with Gasteiger partial charge in [-0.25, -0.2) is 0 Å². The lowest BCUT2D eigenvalue weighted by molar-refractivity contribution is -0.130. The lowest BCUT2D eigenvalue weighted by Crippen LogP contribution is -2.35. The first-order valence-electron chi connectivity index (χ1n) is 6.41. The maximum absolute atomic E-state index is 12.2. The van der Waals surface area contributed by atoms with Gasteiger partial charge in [0, 0.05) is 18.7 Å². The van der Waals surface area contributed by atoms with E-state index in [0.29, 0.717) is 19.5 Å². The van der Waals surface area contributed by atoms with Crippen molar-refractivity contribution in [3.05, 3.63) is 29.8 Å². The highest BCUT2D eigenvalue weighted by molar-refractivity contribution is 5.79. The normalized spacial score (nSPS) is 11.5. The number of nitriles is 1. The molecule has 0 saturated carbocycles. The number of hydrogen-bond acceptors (Lipinski definition) is 3. The van der Waals surface area contributed by atoms with Gasteiger partial charge in [-0.05, 0) is 19.9 Å². The highest BCUT2D eigenvalue weighted by Crippen LogP contribution is 2.18. The molecule has 0 N–H and O–H groups in total. The molecule has 4 nitrogen and oxygen atoms in total. The summed E-state index contributed by atoms with van der Waals surface area (Å²) in [7, 11) is 1.60. The van der Waals surface area contributed by atoms with Crippen LogP contribution in [0.15, 0.2) is 24.3 Å². The van der Waals surface area contributed by atoms with Gasteiger partial charge in [0.25, 0.3) is 0 Å². The molecule has 19 heavy (non-hydrogen) atoms. The molecule has 1 unspecified atom stereocenters. The second-order valence-electron chi connectivity index (χ2n) is 4.45. The van der Waals surface area contributed by atoms with Crippen LogP contribution in [-0.4, -0.2) is 31.0 Å². The van der Waals surface area contributed by atoms with Crippen LogP contribution < -0.4 is 4.74 Å². The molecule has 0 aromatic heterocycles. The predicted molar refractivity (Wildman–Crippen MR) is 73.7 cm³/mol. The van der Waals surface area contributed by atoms with Gasteiger partial charge in [0.2, 0.25) is 5.91 Å². The molecule has 0 aliphatic heterocycles. The van der Waals surface area contributed by atoms with Crippen LogP contribution in [0, 0.1) is 17.2 Å². The summed E-state index contributed by atoms with van der Waals surface area (Å²) in [6, 6.07) is 9.65. The number of hydrogen-bond donors (Lipinski definition) is 0. The van der Waals surface area contributed by atoms with Crippen LogP contribution in [0.1, 0.15) is 19.4 Å². The van der Waals surface area contributed by atoms with Gasteiger partial charge in [0.1, 0.15) is 5.75 Å². The van der Waals surface area contributed by atoms with Crippen LogP contribution in [0.3, 0.4) is 0 Å². The van der Waals surface area contributed by atoms with Crippen molar-refractivity contribution in [3.63, 3.8) is 0 Å². The van der Waals surface area contributed by atoms with Gasteiger partial charge in [-0.1, -0.05) is 18.2 Å². The lowest BCUT2D eigenvalue weighted by Gasteiger charge is -2.22. The number of likely N-dealkylation sites (N-methyl/N-ethyl adjacent to an activating group) is 1. The van der Waals surface area contributed by atoms with Crippen LogP contribution in [0.4, 0.5) is 0 Å². The quantitative estimate of drug-likeness (QED) is 0.788. The molecule has 0 spiro atoms. The first-order chi connectivity index (χ1) is 9.12. The van der Waals surface area contributed by atoms with Gasteiger partial charge in [-0.2, -0.15) is 5.26 Å². The second kappa shape index (κ2) is 7.42. The summed E-state index contributed by atoms with van der Waals surface area (Å²) in [5, 5.41) is 8.82. The number of rotatable bonds is 6. The number of ether oxygens (including phenoxy) is 1. The van der Waals surface area contributed by atoms with Gasteiger partial charge in [0.15, 0.2) is 0 Å². The van der Waals surface area contributed by atoms with E-state index in [0.717, 1.165) is 11.3 Å². The molecule has 0 aliphatic carbocycles. The zero-order valence-corrected chi connectivity index (χ0v) is 11.7. The van der Waals surface area contributed by atoms with Crippen molar-refractivity contribution in [1.29, 1.82) is 5.26 Å². The molecule has 1 rings (SSSR count). The highest BCUT2D eigenvalue weighted by Gasteiger charge is 2.16. The first kappa shape index (κ1) is 15.0. The van der Waals surface area contributed by atoms with Crippen molar-refractivity contribution in [2.24, 2.45) is 5.92 Å². The van der Waals surface area contributed by atoms with Crippen molar-refractivity contribution in [2.75, 3.05) is 20.2 Å². The highest BCUT2D eigenvalue weighted by atomic mass is 16.5. The number of para-hydroxylation sites is 1. The molecule has 0 saturated heterocycles. The number of benzene rings is 1. The zero-order chi connectivity index (χ0) is 14.3. The minimum Gasteiger partial charge on any atom is -0.496 e. The Morgan fingerprint density at radius 3 is 2.74 bits per heavy atom. The third-order valence-corrected chi connectivity index (χ3v) is 2.98. The summed E-state index contributed by atoms with van der Waals surface area (Å²) in [6.45, 7) is 4.82. The fraction of sp³-hybridized carbons (Fsp3) is 0.467. The van der Waals surface area contributed by atoms with Gasteiger partial charge < -0.3 is 9.64 Å². The van der Waals surface area contributed by atoms with Gasteiger partial charge in [-0.3, -0.25) is 4.79 Å². The summed E-state index contributed by atoms with van der Waals surface area (Å²) in [5.41, 5.74) is 0.873. The number of methoxy groups -OCH3 is 1. The van der Waals surface area contributed by atoms with Crippen LogP contribution >= 0.6 is 0 Å². The Balaban J connectivity index is 2.74. The Bertz CT molecular complexity index is 465. The van der Waals surface area contributed by atoms with E-state index < -0.39 is 0 Å². The van der Waals surface area contributed by atoms with Crippen molar-refractivity contribution >= 4 is 5.91 Å². The van der Waals surface area contributed by atoms with Crippen molar-refractivity contribution < 1.29 is 9.53 Å². The van der Waals surface area contributed by atoms with E-state index in [-0.39, 0.29) is 11.8 Å².